The molecule has 0 fully saturated rings. The Morgan fingerprint density at radius 2 is 1.78 bits per heavy atom. The third-order valence-corrected chi connectivity index (χ3v) is 6.36. The summed E-state index contributed by atoms with van der Waals surface area (Å²) >= 11 is 1.99. The summed E-state index contributed by atoms with van der Waals surface area (Å²) in [5.41, 5.74) is 0.980. The Bertz CT molecular complexity index is 716. The van der Waals surface area contributed by atoms with Crippen LogP contribution in [-0.2, 0) is 19.6 Å². The molecule has 7 heteroatoms. The SMILES string of the molecule is C=C(I)[C@@H](NS(=O)(=O)c1ccc(C)cc1)[C@@H](CCCCCCC)OC(C)=O. The van der Waals surface area contributed by atoms with Crippen LogP contribution in [0.3, 0.4) is 0 Å². The minimum Gasteiger partial charge on any atom is -0.460 e. The van der Waals surface area contributed by atoms with E-state index in [1.807, 2.05) is 29.5 Å². The van der Waals surface area contributed by atoms with Crippen molar-refractivity contribution < 1.29 is 17.9 Å². The molecule has 0 aliphatic carbocycles. The molecule has 0 radical (unpaired) electrons. The summed E-state index contributed by atoms with van der Waals surface area (Å²) in [4.78, 5) is 11.7. The molecule has 1 aromatic rings. The van der Waals surface area contributed by atoms with Crippen molar-refractivity contribution in [1.82, 2.24) is 4.72 Å². The lowest BCUT2D eigenvalue weighted by Crippen LogP contribution is -2.45. The van der Waals surface area contributed by atoms with Crippen molar-refractivity contribution in [2.45, 2.75) is 76.3 Å². The quantitative estimate of drug-likeness (QED) is 0.249. The Kier molecular flexibility index (Phi) is 10.5. The van der Waals surface area contributed by atoms with Crippen LogP contribution in [0.25, 0.3) is 0 Å². The fraction of sp³-hybridized carbons (Fsp3) is 0.550. The Hall–Kier alpha value is -0.930. The number of rotatable bonds is 12. The summed E-state index contributed by atoms with van der Waals surface area (Å²) in [6.45, 7) is 9.29. The zero-order chi connectivity index (χ0) is 20.4. The number of hydrogen-bond acceptors (Lipinski definition) is 4. The highest BCUT2D eigenvalue weighted by molar-refractivity contribution is 14.1. The minimum atomic E-state index is -3.75. The number of aryl methyl sites for hydroxylation is 1. The molecular weight excluding hydrogens is 477 g/mol. The number of carbonyl (C=O) groups is 1. The van der Waals surface area contributed by atoms with E-state index in [0.29, 0.717) is 10.0 Å². The van der Waals surface area contributed by atoms with E-state index < -0.39 is 28.1 Å². The highest BCUT2D eigenvalue weighted by atomic mass is 127. The molecule has 0 aromatic heterocycles. The fourth-order valence-corrected chi connectivity index (χ4v) is 4.78. The summed E-state index contributed by atoms with van der Waals surface area (Å²) in [6.07, 6.45) is 5.34. The lowest BCUT2D eigenvalue weighted by atomic mass is 10.0. The van der Waals surface area contributed by atoms with Gasteiger partial charge in [0.15, 0.2) is 0 Å². The van der Waals surface area contributed by atoms with Crippen LogP contribution < -0.4 is 4.72 Å². The van der Waals surface area contributed by atoms with Crippen molar-refractivity contribution in [2.75, 3.05) is 0 Å². The molecular formula is C20H30INO4S. The van der Waals surface area contributed by atoms with E-state index in [9.17, 15) is 13.2 Å². The van der Waals surface area contributed by atoms with Gasteiger partial charge in [0.1, 0.15) is 6.10 Å². The van der Waals surface area contributed by atoms with Gasteiger partial charge in [-0.2, -0.15) is 4.72 Å². The average molecular weight is 507 g/mol. The first-order valence-corrected chi connectivity index (χ1v) is 11.8. The van der Waals surface area contributed by atoms with Crippen LogP contribution in [0.2, 0.25) is 0 Å². The van der Waals surface area contributed by atoms with E-state index in [-0.39, 0.29) is 4.90 Å². The summed E-state index contributed by atoms with van der Waals surface area (Å²) in [5.74, 6) is -0.425. The van der Waals surface area contributed by atoms with Crippen LogP contribution in [0.4, 0.5) is 0 Å². The largest absolute Gasteiger partial charge is 0.460 e. The molecule has 27 heavy (non-hydrogen) atoms. The molecule has 0 saturated carbocycles. The van der Waals surface area contributed by atoms with Gasteiger partial charge in [0, 0.05) is 10.5 Å². The van der Waals surface area contributed by atoms with Gasteiger partial charge in [0.05, 0.1) is 10.9 Å². The maximum absolute atomic E-state index is 12.8. The Labute approximate surface area is 177 Å². The molecule has 0 spiro atoms. The number of unbranched alkanes of at least 4 members (excludes halogenated alkanes) is 4. The van der Waals surface area contributed by atoms with Gasteiger partial charge < -0.3 is 4.74 Å². The average Bonchev–Trinajstić information content (AvgIpc) is 2.58. The van der Waals surface area contributed by atoms with Crippen molar-refractivity contribution in [2.24, 2.45) is 0 Å². The van der Waals surface area contributed by atoms with E-state index in [2.05, 4.69) is 18.2 Å². The molecule has 1 N–H and O–H groups in total. The first-order chi connectivity index (χ1) is 12.7. The van der Waals surface area contributed by atoms with E-state index in [1.165, 1.54) is 13.3 Å². The van der Waals surface area contributed by atoms with E-state index >= 15 is 0 Å². The number of carbonyl (C=O) groups excluding carboxylic acids is 1. The molecule has 0 heterocycles. The number of ether oxygens (including phenoxy) is 1. The third-order valence-electron chi connectivity index (χ3n) is 4.23. The van der Waals surface area contributed by atoms with Gasteiger partial charge in [-0.15, -0.1) is 0 Å². The molecule has 5 nitrogen and oxygen atoms in total. The maximum Gasteiger partial charge on any atom is 0.302 e. The zero-order valence-corrected chi connectivity index (χ0v) is 19.3. The van der Waals surface area contributed by atoms with Crippen molar-refractivity contribution in [3.8, 4) is 0 Å². The molecule has 2 atom stereocenters. The summed E-state index contributed by atoms with van der Waals surface area (Å²) in [6, 6.07) is 5.96. The van der Waals surface area contributed by atoms with Crippen LogP contribution in [0.1, 0.15) is 57.9 Å². The molecule has 1 rings (SSSR count). The van der Waals surface area contributed by atoms with Crippen LogP contribution in [0.15, 0.2) is 39.3 Å². The highest BCUT2D eigenvalue weighted by Gasteiger charge is 2.30. The zero-order valence-electron chi connectivity index (χ0n) is 16.3. The molecule has 0 bridgehead atoms. The predicted octanol–water partition coefficient (Wildman–Crippen LogP) is 4.88. The second-order valence-electron chi connectivity index (χ2n) is 6.71. The Morgan fingerprint density at radius 3 is 2.30 bits per heavy atom. The lowest BCUT2D eigenvalue weighted by molar-refractivity contribution is -0.147. The number of nitrogens with one attached hydrogen (secondary N) is 1. The smallest absolute Gasteiger partial charge is 0.302 e. The normalized spacial score (nSPS) is 13.8. The van der Waals surface area contributed by atoms with Gasteiger partial charge in [-0.05, 0) is 54.5 Å². The second-order valence-corrected chi connectivity index (χ2v) is 9.81. The molecule has 0 aliphatic heterocycles. The molecule has 1 aromatic carbocycles. The Morgan fingerprint density at radius 1 is 1.19 bits per heavy atom. The van der Waals surface area contributed by atoms with Crippen molar-refractivity contribution in [3.63, 3.8) is 0 Å². The topological polar surface area (TPSA) is 72.5 Å². The summed E-state index contributed by atoms with van der Waals surface area (Å²) < 4.78 is 34.2. The van der Waals surface area contributed by atoms with Crippen molar-refractivity contribution in [3.05, 3.63) is 40.0 Å². The molecule has 0 unspecified atom stereocenters. The number of sulfonamides is 1. The van der Waals surface area contributed by atoms with E-state index in [0.717, 1.165) is 31.2 Å². The van der Waals surface area contributed by atoms with Gasteiger partial charge in [-0.25, -0.2) is 8.42 Å². The van der Waals surface area contributed by atoms with Gasteiger partial charge in [0.2, 0.25) is 10.0 Å². The molecule has 0 amide bonds. The maximum atomic E-state index is 12.8. The highest BCUT2D eigenvalue weighted by Crippen LogP contribution is 2.23. The van der Waals surface area contributed by atoms with Crippen LogP contribution in [-0.4, -0.2) is 26.5 Å². The number of benzene rings is 1. The number of hydrogen-bond donors (Lipinski definition) is 1. The van der Waals surface area contributed by atoms with Gasteiger partial charge in [-0.3, -0.25) is 4.79 Å². The minimum absolute atomic E-state index is 0.181. The Balaban J connectivity index is 2.93. The van der Waals surface area contributed by atoms with E-state index in [1.54, 1.807) is 24.3 Å². The molecule has 0 saturated heterocycles. The lowest BCUT2D eigenvalue weighted by Gasteiger charge is -2.27. The first kappa shape index (κ1) is 24.1. The van der Waals surface area contributed by atoms with Crippen molar-refractivity contribution >= 4 is 38.6 Å². The number of halogens is 1. The van der Waals surface area contributed by atoms with Gasteiger partial charge in [-0.1, -0.05) is 56.9 Å². The van der Waals surface area contributed by atoms with Crippen LogP contribution in [0.5, 0.6) is 0 Å². The summed E-state index contributed by atoms with van der Waals surface area (Å²) in [7, 11) is -3.75. The molecule has 0 aliphatic rings. The van der Waals surface area contributed by atoms with Gasteiger partial charge in [0.25, 0.3) is 0 Å². The number of esters is 1. The predicted molar refractivity (Wildman–Crippen MR) is 117 cm³/mol. The standard InChI is InChI=1S/C20H30INO4S/c1-5-6-7-8-9-10-19(26-17(4)23)20(16(3)21)22-27(24,25)18-13-11-15(2)12-14-18/h11-14,19-20,22H,3,5-10H2,1-2,4H3/t19-,20-/m1/s1. The fourth-order valence-electron chi connectivity index (χ4n) is 2.75. The van der Waals surface area contributed by atoms with Crippen LogP contribution >= 0.6 is 22.6 Å². The van der Waals surface area contributed by atoms with E-state index in [4.69, 9.17) is 4.74 Å². The first-order valence-electron chi connectivity index (χ1n) is 9.28. The van der Waals surface area contributed by atoms with Gasteiger partial charge >= 0.3 is 5.97 Å². The second kappa shape index (κ2) is 11.8. The third kappa shape index (κ3) is 8.74. The van der Waals surface area contributed by atoms with Crippen LogP contribution in [0, 0.1) is 6.92 Å². The summed E-state index contributed by atoms with van der Waals surface area (Å²) in [5, 5.41) is 0. The monoisotopic (exact) mass is 507 g/mol. The molecule has 152 valence electrons. The van der Waals surface area contributed by atoms with Crippen molar-refractivity contribution in [1.29, 1.82) is 0 Å².